The number of carbonyl (C=O) groups excluding carboxylic acids is 3. The number of hydrogen-bond acceptors (Lipinski definition) is 6. The van der Waals surface area contributed by atoms with Gasteiger partial charge in [-0.15, -0.1) is 0 Å². The van der Waals surface area contributed by atoms with E-state index in [0.717, 1.165) is 30.3 Å². The first-order valence-electron chi connectivity index (χ1n) is 8.16. The van der Waals surface area contributed by atoms with Crippen molar-refractivity contribution in [1.29, 1.82) is 0 Å². The number of rotatable bonds is 10. The fourth-order valence-corrected chi connectivity index (χ4v) is 4.54. The molecule has 0 aliphatic rings. The van der Waals surface area contributed by atoms with Crippen molar-refractivity contribution in [2.45, 2.75) is 65.3 Å². The zero-order chi connectivity index (χ0) is 17.9. The Morgan fingerprint density at radius 2 is 1.43 bits per heavy atom. The van der Waals surface area contributed by atoms with Gasteiger partial charge in [0.15, 0.2) is 6.10 Å². The molecular weight excluding hydrogens is 316 g/mol. The van der Waals surface area contributed by atoms with Crippen LogP contribution in [-0.2, 0) is 28.3 Å². The van der Waals surface area contributed by atoms with Gasteiger partial charge in [-0.25, -0.2) is 14.4 Å². The number of carbonyl (C=O) groups is 3. The number of esters is 2. The third kappa shape index (κ3) is 7.45. The molecule has 1 atom stereocenters. The van der Waals surface area contributed by atoms with Crippen molar-refractivity contribution in [2.75, 3.05) is 6.61 Å². The van der Waals surface area contributed by atoms with Crippen LogP contribution in [0.15, 0.2) is 12.2 Å². The molecule has 0 aromatic carbocycles. The molecular formula is C16H28O6Si. The van der Waals surface area contributed by atoms with Gasteiger partial charge in [0.05, 0.1) is 6.61 Å². The van der Waals surface area contributed by atoms with Crippen molar-refractivity contribution in [3.05, 3.63) is 12.2 Å². The number of ether oxygens (including phenoxy) is 2. The van der Waals surface area contributed by atoms with Crippen LogP contribution in [-0.4, -0.2) is 38.9 Å². The molecule has 0 radical (unpaired) electrons. The van der Waals surface area contributed by atoms with Crippen LogP contribution in [0, 0.1) is 0 Å². The predicted octanol–water partition coefficient (Wildman–Crippen LogP) is 2.98. The maximum Gasteiger partial charge on any atom is 0.334 e. The van der Waals surface area contributed by atoms with E-state index in [-0.39, 0.29) is 6.61 Å². The summed E-state index contributed by atoms with van der Waals surface area (Å²) >= 11 is 0. The van der Waals surface area contributed by atoms with E-state index in [0.29, 0.717) is 6.42 Å². The molecule has 0 bridgehead atoms. The molecule has 0 spiro atoms. The van der Waals surface area contributed by atoms with Gasteiger partial charge in [0.25, 0.3) is 8.32 Å². The summed E-state index contributed by atoms with van der Waals surface area (Å²) < 4.78 is 15.5. The first kappa shape index (κ1) is 21.4. The molecule has 7 heteroatoms. The van der Waals surface area contributed by atoms with E-state index in [1.807, 2.05) is 20.8 Å². The summed E-state index contributed by atoms with van der Waals surface area (Å²) in [6, 6.07) is 2.50. The summed E-state index contributed by atoms with van der Waals surface area (Å²) in [4.78, 5) is 35.1. The lowest BCUT2D eigenvalue weighted by atomic mass is 10.3. The van der Waals surface area contributed by atoms with Crippen LogP contribution in [0.25, 0.3) is 0 Å². The molecule has 1 unspecified atom stereocenters. The zero-order valence-electron chi connectivity index (χ0n) is 14.7. The number of hydrogen-bond donors (Lipinski definition) is 0. The molecule has 0 N–H and O–H groups in total. The molecule has 0 fully saturated rings. The Hall–Kier alpha value is -1.63. The Labute approximate surface area is 139 Å². The van der Waals surface area contributed by atoms with E-state index in [1.165, 1.54) is 0 Å². The highest BCUT2D eigenvalue weighted by Gasteiger charge is 2.35. The van der Waals surface area contributed by atoms with E-state index in [9.17, 15) is 14.4 Å². The highest BCUT2D eigenvalue weighted by molar-refractivity contribution is 6.75. The first-order valence-corrected chi connectivity index (χ1v) is 10.7. The monoisotopic (exact) mass is 344 g/mol. The molecule has 6 nitrogen and oxygen atoms in total. The third-order valence-electron chi connectivity index (χ3n) is 3.78. The molecule has 0 saturated heterocycles. The largest absolute Gasteiger partial charge is 0.516 e. The third-order valence-corrected chi connectivity index (χ3v) is 8.28. The second-order valence-electron chi connectivity index (χ2n) is 5.08. The van der Waals surface area contributed by atoms with Gasteiger partial charge in [0.2, 0.25) is 0 Å². The summed E-state index contributed by atoms with van der Waals surface area (Å²) in [5.74, 6) is -1.89. The van der Waals surface area contributed by atoms with Gasteiger partial charge in [-0.1, -0.05) is 27.7 Å². The van der Waals surface area contributed by atoms with Gasteiger partial charge in [-0.05, 0) is 31.5 Å². The summed E-state index contributed by atoms with van der Waals surface area (Å²) in [6.07, 6.45) is 1.30. The van der Waals surface area contributed by atoms with E-state index in [1.54, 1.807) is 13.8 Å². The molecule has 0 saturated carbocycles. The second-order valence-corrected chi connectivity index (χ2v) is 9.78. The fourth-order valence-electron chi connectivity index (χ4n) is 2.05. The lowest BCUT2D eigenvalue weighted by molar-refractivity contribution is -0.159. The SMILES string of the molecule is CCOC(=O)/C=C\C(=O)OC(CC)C(=O)O[Si](CC)(CC)CC. The van der Waals surface area contributed by atoms with Crippen LogP contribution >= 0.6 is 0 Å². The molecule has 0 rings (SSSR count). The highest BCUT2D eigenvalue weighted by atomic mass is 28.4. The Kier molecular flexibility index (Phi) is 10.2. The van der Waals surface area contributed by atoms with Crippen molar-refractivity contribution in [3.8, 4) is 0 Å². The van der Waals surface area contributed by atoms with E-state index in [4.69, 9.17) is 9.16 Å². The minimum Gasteiger partial charge on any atom is -0.516 e. The maximum absolute atomic E-state index is 12.3. The van der Waals surface area contributed by atoms with Crippen LogP contribution in [0.4, 0.5) is 0 Å². The average Bonchev–Trinajstić information content (AvgIpc) is 2.55. The van der Waals surface area contributed by atoms with Crippen LogP contribution in [0.5, 0.6) is 0 Å². The summed E-state index contributed by atoms with van der Waals surface area (Å²) in [7, 11) is -2.09. The first-order chi connectivity index (χ1) is 10.9. The minimum atomic E-state index is -2.09. The molecule has 0 heterocycles. The Morgan fingerprint density at radius 3 is 1.87 bits per heavy atom. The van der Waals surface area contributed by atoms with Gasteiger partial charge in [0.1, 0.15) is 0 Å². The molecule has 0 aliphatic heterocycles. The fraction of sp³-hybridized carbons (Fsp3) is 0.688. The Bertz CT molecular complexity index is 420. The van der Waals surface area contributed by atoms with Crippen molar-refractivity contribution in [2.24, 2.45) is 0 Å². The maximum atomic E-state index is 12.3. The summed E-state index contributed by atoms with van der Waals surface area (Å²) in [6.45, 7) is 9.67. The Morgan fingerprint density at radius 1 is 0.913 bits per heavy atom. The van der Waals surface area contributed by atoms with E-state index < -0.39 is 32.3 Å². The summed E-state index contributed by atoms with van der Waals surface area (Å²) in [5, 5.41) is 0. The molecule has 23 heavy (non-hydrogen) atoms. The van der Waals surface area contributed by atoms with Crippen molar-refractivity contribution >= 4 is 26.2 Å². The quantitative estimate of drug-likeness (QED) is 0.344. The van der Waals surface area contributed by atoms with Gasteiger partial charge in [0, 0.05) is 12.2 Å². The Balaban J connectivity index is 4.73. The predicted molar refractivity (Wildman–Crippen MR) is 89.2 cm³/mol. The second kappa shape index (κ2) is 11.0. The minimum absolute atomic E-state index is 0.222. The molecule has 0 aliphatic carbocycles. The van der Waals surface area contributed by atoms with Crippen molar-refractivity contribution < 1.29 is 28.3 Å². The molecule has 0 amide bonds. The van der Waals surface area contributed by atoms with Crippen molar-refractivity contribution in [1.82, 2.24) is 0 Å². The molecule has 132 valence electrons. The lowest BCUT2D eigenvalue weighted by Gasteiger charge is -2.29. The molecule has 0 aromatic heterocycles. The molecule has 0 aromatic rings. The lowest BCUT2D eigenvalue weighted by Crippen LogP contribution is -2.42. The smallest absolute Gasteiger partial charge is 0.334 e. The van der Waals surface area contributed by atoms with Gasteiger partial charge in [-0.3, -0.25) is 0 Å². The normalized spacial score (nSPS) is 12.7. The van der Waals surface area contributed by atoms with Crippen LogP contribution in [0.3, 0.4) is 0 Å². The average molecular weight is 344 g/mol. The zero-order valence-corrected chi connectivity index (χ0v) is 15.7. The standard InChI is InChI=1S/C16H28O6Si/c1-6-13(16(19)22-23(8-3,9-4)10-5)21-15(18)12-11-14(17)20-7-2/h11-13H,6-10H2,1-5H3/b12-11-. The van der Waals surface area contributed by atoms with Crippen LogP contribution in [0.1, 0.15) is 41.0 Å². The van der Waals surface area contributed by atoms with Gasteiger partial charge < -0.3 is 13.9 Å². The summed E-state index contributed by atoms with van der Waals surface area (Å²) in [5.41, 5.74) is 0. The van der Waals surface area contributed by atoms with Crippen LogP contribution in [0.2, 0.25) is 18.1 Å². The highest BCUT2D eigenvalue weighted by Crippen LogP contribution is 2.23. The van der Waals surface area contributed by atoms with E-state index in [2.05, 4.69) is 4.74 Å². The van der Waals surface area contributed by atoms with Gasteiger partial charge >= 0.3 is 17.9 Å². The van der Waals surface area contributed by atoms with Crippen molar-refractivity contribution in [3.63, 3.8) is 0 Å². The van der Waals surface area contributed by atoms with Crippen LogP contribution < -0.4 is 0 Å². The topological polar surface area (TPSA) is 78.9 Å². The van der Waals surface area contributed by atoms with Gasteiger partial charge in [-0.2, -0.15) is 0 Å². The van der Waals surface area contributed by atoms with E-state index >= 15 is 0 Å².